The molecule has 1 aliphatic rings. The van der Waals surface area contributed by atoms with E-state index in [0.717, 1.165) is 46.9 Å². The molecular weight excluding hydrogens is 424 g/mol. The minimum atomic E-state index is -0.776. The Labute approximate surface area is 194 Å². The quantitative estimate of drug-likeness (QED) is 0.526. The molecule has 1 aliphatic heterocycles. The molecule has 0 bridgehead atoms. The summed E-state index contributed by atoms with van der Waals surface area (Å²) in [6.45, 7) is 11.6. The minimum absolute atomic E-state index is 0.0333. The number of carbonyl (C=O) groups is 1. The van der Waals surface area contributed by atoms with Gasteiger partial charge in [0.25, 0.3) is 0 Å². The van der Waals surface area contributed by atoms with Crippen molar-refractivity contribution in [2.24, 2.45) is 11.3 Å². The molecule has 1 aromatic carbocycles. The number of aliphatic carboxylic acids is 1. The van der Waals surface area contributed by atoms with Gasteiger partial charge in [-0.15, -0.1) is 0 Å². The number of benzene rings is 1. The number of piperidine rings is 1. The smallest absolute Gasteiger partial charge is 0.311 e. The second-order valence-corrected chi connectivity index (χ2v) is 9.97. The zero-order valence-electron chi connectivity index (χ0n) is 19.4. The molecule has 6 nitrogen and oxygen atoms in total. The van der Waals surface area contributed by atoms with Crippen molar-refractivity contribution in [1.82, 2.24) is 14.6 Å². The van der Waals surface area contributed by atoms with Crippen LogP contribution in [0.5, 0.6) is 0 Å². The van der Waals surface area contributed by atoms with E-state index in [1.807, 2.05) is 55.6 Å². The number of fused-ring (bicyclic) bond motifs is 1. The van der Waals surface area contributed by atoms with E-state index < -0.39 is 11.4 Å². The number of hydrogen-bond acceptors (Lipinski definition) is 4. The molecule has 4 rings (SSSR count). The Hall–Kier alpha value is -2.60. The third kappa shape index (κ3) is 3.75. The summed E-state index contributed by atoms with van der Waals surface area (Å²) in [5.74, 6) is 0.512. The van der Waals surface area contributed by atoms with Gasteiger partial charge in [0.2, 0.25) is 0 Å². The number of aryl methyl sites for hydroxylation is 1. The lowest BCUT2D eigenvalue weighted by molar-refractivity contribution is -0.152. The number of hydrogen-bond donors (Lipinski definition) is 1. The van der Waals surface area contributed by atoms with E-state index >= 15 is 0 Å². The lowest BCUT2D eigenvalue weighted by atomic mass is 9.71. The largest absolute Gasteiger partial charge is 0.481 e. The molecule has 1 saturated heterocycles. The van der Waals surface area contributed by atoms with Crippen molar-refractivity contribution in [3.8, 4) is 11.3 Å². The van der Waals surface area contributed by atoms with Crippen molar-refractivity contribution in [2.45, 2.75) is 53.4 Å². The second kappa shape index (κ2) is 8.39. The standard InChI is InChI=1S/C25H31ClN4O2/c1-15(2)22-17(5)27-21-13-20(18-7-9-19(26)10-8-18)28-30(21)23(22)29-12-6-11-25(14-29,16(3)4)24(31)32/h7-10,13,15-16H,6,11-12,14H2,1-5H3,(H,31,32)/t25-/m0/s1. The Bertz CT molecular complexity index is 1150. The van der Waals surface area contributed by atoms with Gasteiger partial charge >= 0.3 is 5.97 Å². The van der Waals surface area contributed by atoms with Gasteiger partial charge in [-0.3, -0.25) is 4.79 Å². The monoisotopic (exact) mass is 454 g/mol. The van der Waals surface area contributed by atoms with E-state index in [0.29, 0.717) is 18.0 Å². The molecule has 7 heteroatoms. The number of anilines is 1. The summed E-state index contributed by atoms with van der Waals surface area (Å²) in [7, 11) is 0. The summed E-state index contributed by atoms with van der Waals surface area (Å²) in [6.07, 6.45) is 1.52. The van der Waals surface area contributed by atoms with Crippen LogP contribution in [0.4, 0.5) is 5.82 Å². The average Bonchev–Trinajstić information content (AvgIpc) is 3.16. The summed E-state index contributed by atoms with van der Waals surface area (Å²) in [5, 5.41) is 15.8. The van der Waals surface area contributed by atoms with Crippen molar-refractivity contribution < 1.29 is 9.90 Å². The van der Waals surface area contributed by atoms with Crippen LogP contribution in [0.15, 0.2) is 30.3 Å². The molecule has 0 amide bonds. The predicted octanol–water partition coefficient (Wildman–Crippen LogP) is 5.81. The highest BCUT2D eigenvalue weighted by molar-refractivity contribution is 6.30. The van der Waals surface area contributed by atoms with Crippen LogP contribution in [0, 0.1) is 18.3 Å². The Morgan fingerprint density at radius 2 is 1.88 bits per heavy atom. The summed E-state index contributed by atoms with van der Waals surface area (Å²) >= 11 is 6.07. The molecule has 1 N–H and O–H groups in total. The fourth-order valence-corrected chi connectivity index (χ4v) is 5.14. The molecule has 170 valence electrons. The molecule has 0 saturated carbocycles. The topological polar surface area (TPSA) is 70.7 Å². The van der Waals surface area contributed by atoms with Crippen LogP contribution < -0.4 is 4.90 Å². The van der Waals surface area contributed by atoms with E-state index in [1.54, 1.807) is 0 Å². The SMILES string of the molecule is Cc1nc2cc(-c3ccc(Cl)cc3)nn2c(N2CCC[C@@](C(=O)O)(C(C)C)C2)c1C(C)C. The third-order valence-corrected chi connectivity index (χ3v) is 7.13. The molecule has 2 aromatic heterocycles. The first kappa shape index (κ1) is 22.6. The van der Waals surface area contributed by atoms with Crippen molar-refractivity contribution in [1.29, 1.82) is 0 Å². The molecular formula is C25H31ClN4O2. The van der Waals surface area contributed by atoms with E-state index in [9.17, 15) is 9.90 Å². The maximum Gasteiger partial charge on any atom is 0.311 e. The van der Waals surface area contributed by atoms with Crippen LogP contribution in [-0.4, -0.2) is 38.8 Å². The minimum Gasteiger partial charge on any atom is -0.481 e. The number of halogens is 1. The molecule has 0 unspecified atom stereocenters. The van der Waals surface area contributed by atoms with Crippen molar-refractivity contribution in [3.05, 3.63) is 46.6 Å². The zero-order valence-corrected chi connectivity index (χ0v) is 20.1. The zero-order chi connectivity index (χ0) is 23.2. The maximum atomic E-state index is 12.4. The normalized spacial score (nSPS) is 19.3. The number of carboxylic acids is 1. The first-order valence-corrected chi connectivity index (χ1v) is 11.7. The summed E-state index contributed by atoms with van der Waals surface area (Å²) in [6, 6.07) is 9.61. The molecule has 3 heterocycles. The summed E-state index contributed by atoms with van der Waals surface area (Å²) in [4.78, 5) is 19.5. The van der Waals surface area contributed by atoms with Gasteiger partial charge in [0.15, 0.2) is 5.65 Å². The number of rotatable bonds is 5. The lowest BCUT2D eigenvalue weighted by Gasteiger charge is -2.44. The predicted molar refractivity (Wildman–Crippen MR) is 129 cm³/mol. The fourth-order valence-electron chi connectivity index (χ4n) is 5.01. The first-order chi connectivity index (χ1) is 15.1. The van der Waals surface area contributed by atoms with Crippen LogP contribution >= 0.6 is 11.6 Å². The van der Waals surface area contributed by atoms with Crippen LogP contribution in [0.1, 0.15) is 57.7 Å². The van der Waals surface area contributed by atoms with E-state index in [1.165, 1.54) is 0 Å². The van der Waals surface area contributed by atoms with E-state index in [4.69, 9.17) is 21.7 Å². The van der Waals surface area contributed by atoms with Crippen LogP contribution in [-0.2, 0) is 4.79 Å². The highest BCUT2D eigenvalue weighted by Gasteiger charge is 2.46. The van der Waals surface area contributed by atoms with Crippen LogP contribution in [0.2, 0.25) is 5.02 Å². The maximum absolute atomic E-state index is 12.4. The van der Waals surface area contributed by atoms with E-state index in [-0.39, 0.29) is 11.8 Å². The van der Waals surface area contributed by atoms with Crippen molar-refractivity contribution >= 4 is 29.0 Å². The third-order valence-electron chi connectivity index (χ3n) is 6.88. The first-order valence-electron chi connectivity index (χ1n) is 11.3. The average molecular weight is 455 g/mol. The van der Waals surface area contributed by atoms with Gasteiger partial charge in [0, 0.05) is 41.0 Å². The summed E-state index contributed by atoms with van der Waals surface area (Å²) in [5.41, 5.74) is 3.86. The Balaban J connectivity index is 1.91. The molecule has 0 aliphatic carbocycles. The Morgan fingerprint density at radius 1 is 1.19 bits per heavy atom. The van der Waals surface area contributed by atoms with Gasteiger partial charge in [0.05, 0.1) is 11.1 Å². The molecule has 0 spiro atoms. The molecule has 1 fully saturated rings. The summed E-state index contributed by atoms with van der Waals surface area (Å²) < 4.78 is 1.91. The fraction of sp³-hybridized carbons (Fsp3) is 0.480. The van der Waals surface area contributed by atoms with Gasteiger partial charge in [-0.2, -0.15) is 9.61 Å². The molecule has 3 aromatic rings. The number of carboxylic acid groups (broad SMARTS) is 1. The van der Waals surface area contributed by atoms with Crippen molar-refractivity contribution in [2.75, 3.05) is 18.0 Å². The van der Waals surface area contributed by atoms with Gasteiger partial charge < -0.3 is 10.0 Å². The van der Waals surface area contributed by atoms with Crippen LogP contribution in [0.3, 0.4) is 0 Å². The Kier molecular flexibility index (Phi) is 5.93. The van der Waals surface area contributed by atoms with Crippen molar-refractivity contribution in [3.63, 3.8) is 0 Å². The highest BCUT2D eigenvalue weighted by Crippen LogP contribution is 2.41. The van der Waals surface area contributed by atoms with Gasteiger partial charge in [-0.1, -0.05) is 51.4 Å². The second-order valence-electron chi connectivity index (χ2n) is 9.54. The van der Waals surface area contributed by atoms with Crippen LogP contribution in [0.25, 0.3) is 16.9 Å². The molecule has 32 heavy (non-hydrogen) atoms. The molecule has 0 radical (unpaired) electrons. The van der Waals surface area contributed by atoms with Gasteiger partial charge in [-0.25, -0.2) is 4.98 Å². The van der Waals surface area contributed by atoms with Gasteiger partial charge in [0.1, 0.15) is 5.82 Å². The molecule has 1 atom stereocenters. The highest BCUT2D eigenvalue weighted by atomic mass is 35.5. The Morgan fingerprint density at radius 3 is 2.47 bits per heavy atom. The number of nitrogens with zero attached hydrogens (tertiary/aromatic N) is 4. The van der Waals surface area contributed by atoms with E-state index in [2.05, 4.69) is 18.7 Å². The lowest BCUT2D eigenvalue weighted by Crippen LogP contribution is -2.51. The van der Waals surface area contributed by atoms with Gasteiger partial charge in [-0.05, 0) is 43.7 Å². The number of aromatic nitrogens is 3.